The maximum absolute atomic E-state index is 13.2. The van der Waals surface area contributed by atoms with Crippen LogP contribution in [0.3, 0.4) is 0 Å². The highest BCUT2D eigenvalue weighted by Gasteiger charge is 2.51. The van der Waals surface area contributed by atoms with Crippen LogP contribution in [0.1, 0.15) is 23.2 Å². The van der Waals surface area contributed by atoms with Crippen LogP contribution < -0.4 is 15.4 Å². The maximum Gasteiger partial charge on any atom is 0.393 e. The molecule has 13 heteroatoms. The van der Waals surface area contributed by atoms with E-state index in [0.717, 1.165) is 24.6 Å². The summed E-state index contributed by atoms with van der Waals surface area (Å²) in [6, 6.07) is 4.59. The monoisotopic (exact) mass is 528 g/mol. The van der Waals surface area contributed by atoms with E-state index in [2.05, 4.69) is 10.6 Å². The molecule has 2 saturated heterocycles. The number of ketones is 1. The summed E-state index contributed by atoms with van der Waals surface area (Å²) in [7, 11) is -3.78. The number of nitrogens with one attached hydrogen (secondary N) is 2. The van der Waals surface area contributed by atoms with Crippen molar-refractivity contribution in [3.8, 4) is 5.75 Å². The second-order valence-corrected chi connectivity index (χ2v) is 11.8. The number of hydrogen-bond acceptors (Lipinski definition) is 11. The van der Waals surface area contributed by atoms with E-state index in [-0.39, 0.29) is 18.0 Å². The van der Waals surface area contributed by atoms with Crippen LogP contribution in [0.2, 0.25) is 0 Å². The van der Waals surface area contributed by atoms with Crippen molar-refractivity contribution in [3.63, 3.8) is 0 Å². The Balaban J connectivity index is 1.41. The number of nitrogens with zero attached hydrogens (tertiary/aromatic N) is 1. The second kappa shape index (κ2) is 11.4. The van der Waals surface area contributed by atoms with Crippen LogP contribution >= 0.6 is 11.8 Å². The van der Waals surface area contributed by atoms with Crippen molar-refractivity contribution in [2.24, 2.45) is 5.92 Å². The summed E-state index contributed by atoms with van der Waals surface area (Å²) < 4.78 is 40.8. The van der Waals surface area contributed by atoms with Crippen LogP contribution in [-0.4, -0.2) is 94.2 Å². The average molecular weight is 529 g/mol. The normalized spacial score (nSPS) is 23.2. The molecule has 2 aliphatic heterocycles. The van der Waals surface area contributed by atoms with Gasteiger partial charge in [-0.15, -0.1) is 11.8 Å². The summed E-state index contributed by atoms with van der Waals surface area (Å²) in [4.78, 5) is 25.2. The van der Waals surface area contributed by atoms with Crippen LogP contribution in [0.25, 0.3) is 0 Å². The number of carbonyl (C=O) groups excluding carboxylic acids is 2. The van der Waals surface area contributed by atoms with Gasteiger partial charge in [0.15, 0.2) is 0 Å². The molecule has 0 amide bonds. The lowest BCUT2D eigenvalue weighted by Crippen LogP contribution is -2.51. The Morgan fingerprint density at radius 2 is 2.00 bits per heavy atom. The fourth-order valence-electron chi connectivity index (χ4n) is 3.80. The SMILES string of the molecule is [O]C(=O)C1(C(=O)c2cc(NCOS(=O)(=O)CCN3CCOCC3)cc(OCC3CC3)c2)NCCS1. The van der Waals surface area contributed by atoms with E-state index in [0.29, 0.717) is 69.1 Å². The van der Waals surface area contributed by atoms with Gasteiger partial charge in [0.25, 0.3) is 10.1 Å². The quantitative estimate of drug-likeness (QED) is 0.162. The zero-order valence-corrected chi connectivity index (χ0v) is 21.0. The fraction of sp³-hybridized carbons (Fsp3) is 0.636. The van der Waals surface area contributed by atoms with Gasteiger partial charge in [0, 0.05) is 49.2 Å². The van der Waals surface area contributed by atoms with Gasteiger partial charge in [-0.25, -0.2) is 14.1 Å². The lowest BCUT2D eigenvalue weighted by Gasteiger charge is -2.26. The summed E-state index contributed by atoms with van der Waals surface area (Å²) in [5, 5.41) is 17.4. The Morgan fingerprint density at radius 1 is 1.23 bits per heavy atom. The van der Waals surface area contributed by atoms with Crippen LogP contribution in [0.4, 0.5) is 5.69 Å². The molecule has 0 bridgehead atoms. The number of carbonyl (C=O) groups is 2. The zero-order chi connectivity index (χ0) is 24.9. The number of rotatable bonds is 13. The van der Waals surface area contributed by atoms with Crippen molar-refractivity contribution in [3.05, 3.63) is 23.8 Å². The highest BCUT2D eigenvalue weighted by Crippen LogP contribution is 2.34. The molecule has 1 saturated carbocycles. The predicted molar refractivity (Wildman–Crippen MR) is 128 cm³/mol. The molecule has 1 unspecified atom stereocenters. The van der Waals surface area contributed by atoms with E-state index < -0.39 is 26.7 Å². The Kier molecular flexibility index (Phi) is 8.55. The summed E-state index contributed by atoms with van der Waals surface area (Å²) in [6.07, 6.45) is 2.16. The van der Waals surface area contributed by atoms with Crippen molar-refractivity contribution in [2.75, 3.05) is 69.6 Å². The minimum absolute atomic E-state index is 0.113. The highest BCUT2D eigenvalue weighted by molar-refractivity contribution is 8.02. The average Bonchev–Trinajstić information content (AvgIpc) is 3.54. The largest absolute Gasteiger partial charge is 0.493 e. The molecular formula is C22H30N3O8S2. The predicted octanol–water partition coefficient (Wildman–Crippen LogP) is 0.696. The van der Waals surface area contributed by atoms with Crippen molar-refractivity contribution in [1.29, 1.82) is 0 Å². The van der Waals surface area contributed by atoms with Gasteiger partial charge in [-0.05, 0) is 30.9 Å². The summed E-state index contributed by atoms with van der Waals surface area (Å²) in [6.45, 7) is 3.38. The van der Waals surface area contributed by atoms with Crippen LogP contribution in [0, 0.1) is 5.92 Å². The lowest BCUT2D eigenvalue weighted by atomic mass is 10.0. The van der Waals surface area contributed by atoms with Crippen LogP contribution in [-0.2, 0) is 28.9 Å². The molecule has 35 heavy (non-hydrogen) atoms. The van der Waals surface area contributed by atoms with Gasteiger partial charge in [0.05, 0.1) is 25.6 Å². The molecule has 3 aliphatic rings. The molecule has 1 atom stereocenters. The molecule has 11 nitrogen and oxygen atoms in total. The van der Waals surface area contributed by atoms with E-state index in [4.69, 9.17) is 13.7 Å². The number of anilines is 1. The lowest BCUT2D eigenvalue weighted by molar-refractivity contribution is -0.145. The number of hydrogen-bond donors (Lipinski definition) is 2. The minimum atomic E-state index is -3.78. The molecule has 2 N–H and O–H groups in total. The fourth-order valence-corrected chi connectivity index (χ4v) is 5.72. The van der Waals surface area contributed by atoms with Gasteiger partial charge in [-0.1, -0.05) is 0 Å². The van der Waals surface area contributed by atoms with Crippen LogP contribution in [0.15, 0.2) is 18.2 Å². The number of thioether (sulfide) groups is 1. The van der Waals surface area contributed by atoms with Crippen molar-refractivity contribution in [1.82, 2.24) is 10.2 Å². The Hall–Kier alpha value is -1.90. The van der Waals surface area contributed by atoms with E-state index in [1.807, 2.05) is 4.90 Å². The second-order valence-electron chi connectivity index (χ2n) is 8.73. The first-order valence-corrected chi connectivity index (χ1v) is 14.2. The molecule has 1 aromatic carbocycles. The molecule has 4 rings (SSSR count). The topological polar surface area (TPSA) is 143 Å². The van der Waals surface area contributed by atoms with Crippen molar-refractivity contribution >= 4 is 39.3 Å². The number of ether oxygens (including phenoxy) is 2. The van der Waals surface area contributed by atoms with Gasteiger partial charge in [0.1, 0.15) is 12.5 Å². The molecule has 1 aliphatic carbocycles. The molecule has 1 aromatic rings. The smallest absolute Gasteiger partial charge is 0.393 e. The number of benzene rings is 1. The van der Waals surface area contributed by atoms with Crippen molar-refractivity contribution < 1.29 is 36.8 Å². The molecular weight excluding hydrogens is 498 g/mol. The minimum Gasteiger partial charge on any atom is -0.493 e. The number of morpholine rings is 1. The molecule has 3 fully saturated rings. The molecule has 2 heterocycles. The molecule has 0 spiro atoms. The first kappa shape index (κ1) is 26.2. The number of Topliss-reactive ketones (excluding diaryl/α,β-unsaturated/α-hetero) is 1. The van der Waals surface area contributed by atoms with E-state index in [9.17, 15) is 23.1 Å². The van der Waals surface area contributed by atoms with Crippen molar-refractivity contribution in [2.45, 2.75) is 17.7 Å². The third kappa shape index (κ3) is 7.08. The van der Waals surface area contributed by atoms with E-state index in [1.165, 1.54) is 12.1 Å². The third-order valence-electron chi connectivity index (χ3n) is 6.03. The summed E-state index contributed by atoms with van der Waals surface area (Å²) in [5.74, 6) is -1.000. The molecule has 193 valence electrons. The zero-order valence-electron chi connectivity index (χ0n) is 19.3. The van der Waals surface area contributed by atoms with Gasteiger partial charge in [-0.3, -0.25) is 15.0 Å². The standard InChI is InChI=1S/C22H30N3O8S2/c26-20(22(21(27)28)24-3-9-34-22)17-11-18(13-19(12-17)32-14-16-1-2-16)23-15-33-35(29,30)10-6-25-4-7-31-8-5-25/h11-13,16,23-24H,1-10,14-15H2. The van der Waals surface area contributed by atoms with Gasteiger partial charge < -0.3 is 14.8 Å². The highest BCUT2D eigenvalue weighted by atomic mass is 32.2. The first-order chi connectivity index (χ1) is 16.8. The van der Waals surface area contributed by atoms with E-state index >= 15 is 0 Å². The van der Waals surface area contributed by atoms with Gasteiger partial charge >= 0.3 is 5.97 Å². The maximum atomic E-state index is 13.2. The summed E-state index contributed by atoms with van der Waals surface area (Å²) in [5.41, 5.74) is 0.489. The Labute approximate surface area is 209 Å². The Bertz CT molecular complexity index is 1020. The van der Waals surface area contributed by atoms with Crippen LogP contribution in [0.5, 0.6) is 5.75 Å². The van der Waals surface area contributed by atoms with Gasteiger partial charge in [0.2, 0.25) is 10.7 Å². The summed E-state index contributed by atoms with van der Waals surface area (Å²) >= 11 is 0.979. The first-order valence-electron chi connectivity index (χ1n) is 11.6. The Morgan fingerprint density at radius 3 is 2.66 bits per heavy atom. The van der Waals surface area contributed by atoms with Gasteiger partial charge in [-0.2, -0.15) is 8.42 Å². The third-order valence-corrected chi connectivity index (χ3v) is 8.53. The molecule has 0 aromatic heterocycles. The molecule has 1 radical (unpaired) electrons. The van der Waals surface area contributed by atoms with E-state index in [1.54, 1.807) is 6.07 Å².